The Morgan fingerprint density at radius 3 is 2.68 bits per heavy atom. The Balaban J connectivity index is 2.76. The van der Waals surface area contributed by atoms with Gasteiger partial charge in [-0.15, -0.1) is 0 Å². The van der Waals surface area contributed by atoms with Crippen LogP contribution in [0.5, 0.6) is 5.75 Å². The fraction of sp³-hybridized carbons (Fsp3) is 0.600. The molecule has 4 heteroatoms. The summed E-state index contributed by atoms with van der Waals surface area (Å²) in [6.07, 6.45) is 0. The second-order valence-corrected chi connectivity index (χ2v) is 4.53. The maximum Gasteiger partial charge on any atom is 0.123 e. The van der Waals surface area contributed by atoms with Crippen molar-refractivity contribution in [3.8, 4) is 5.75 Å². The van der Waals surface area contributed by atoms with Crippen LogP contribution in [0.15, 0.2) is 24.3 Å². The van der Waals surface area contributed by atoms with Crippen molar-refractivity contribution >= 4 is 0 Å². The molecular formula is C15H26N2O2. The molecule has 1 aromatic carbocycles. The lowest BCUT2D eigenvalue weighted by molar-refractivity contribution is 0.157. The number of likely N-dealkylation sites (N-methyl/N-ethyl adjacent to an activating group) is 1. The first-order valence-electron chi connectivity index (χ1n) is 6.93. The Morgan fingerprint density at radius 2 is 2.05 bits per heavy atom. The molecule has 0 radical (unpaired) electrons. The van der Waals surface area contributed by atoms with Crippen molar-refractivity contribution in [1.82, 2.24) is 10.2 Å². The SMILES string of the molecule is CCNCCN(CCO)[C@@H](C)c1ccccc1OC. The van der Waals surface area contributed by atoms with Crippen LogP contribution in [0.1, 0.15) is 25.5 Å². The van der Waals surface area contributed by atoms with Crippen molar-refractivity contribution < 1.29 is 9.84 Å². The molecule has 0 unspecified atom stereocenters. The number of methoxy groups -OCH3 is 1. The van der Waals surface area contributed by atoms with Crippen LogP contribution in [0, 0.1) is 0 Å². The molecule has 0 fully saturated rings. The van der Waals surface area contributed by atoms with E-state index in [-0.39, 0.29) is 12.6 Å². The minimum absolute atomic E-state index is 0.172. The van der Waals surface area contributed by atoms with E-state index in [0.717, 1.165) is 30.9 Å². The van der Waals surface area contributed by atoms with Crippen LogP contribution in [0.4, 0.5) is 0 Å². The lowest BCUT2D eigenvalue weighted by Gasteiger charge is -2.29. The second-order valence-electron chi connectivity index (χ2n) is 4.53. The zero-order chi connectivity index (χ0) is 14.1. The third-order valence-electron chi connectivity index (χ3n) is 3.35. The lowest BCUT2D eigenvalue weighted by Crippen LogP contribution is -2.36. The molecule has 1 rings (SSSR count). The van der Waals surface area contributed by atoms with Crippen LogP contribution >= 0.6 is 0 Å². The summed E-state index contributed by atoms with van der Waals surface area (Å²) in [6, 6.07) is 8.29. The maximum atomic E-state index is 9.22. The lowest BCUT2D eigenvalue weighted by atomic mass is 10.1. The molecule has 19 heavy (non-hydrogen) atoms. The van der Waals surface area contributed by atoms with Crippen LogP contribution < -0.4 is 10.1 Å². The first kappa shape index (κ1) is 16.0. The Bertz CT molecular complexity index is 358. The third-order valence-corrected chi connectivity index (χ3v) is 3.35. The highest BCUT2D eigenvalue weighted by molar-refractivity contribution is 5.35. The number of para-hydroxylation sites is 1. The van der Waals surface area contributed by atoms with Gasteiger partial charge in [0.1, 0.15) is 5.75 Å². The number of benzene rings is 1. The second kappa shape index (κ2) is 8.91. The van der Waals surface area contributed by atoms with Gasteiger partial charge in [0.15, 0.2) is 0 Å². The molecule has 0 aliphatic heterocycles. The number of hydrogen-bond acceptors (Lipinski definition) is 4. The van der Waals surface area contributed by atoms with Gasteiger partial charge in [-0.1, -0.05) is 25.1 Å². The summed E-state index contributed by atoms with van der Waals surface area (Å²) in [5.74, 6) is 0.904. The standard InChI is InChI=1S/C15H26N2O2/c1-4-16-9-10-17(11-12-18)13(2)14-7-5-6-8-15(14)19-3/h5-8,13,16,18H,4,9-12H2,1-3H3/t13-/m0/s1. The molecule has 1 aromatic rings. The fourth-order valence-corrected chi connectivity index (χ4v) is 2.24. The monoisotopic (exact) mass is 266 g/mol. The van der Waals surface area contributed by atoms with Gasteiger partial charge in [0.2, 0.25) is 0 Å². The van der Waals surface area contributed by atoms with Gasteiger partial charge in [0, 0.05) is 31.2 Å². The molecule has 0 aromatic heterocycles. The topological polar surface area (TPSA) is 44.7 Å². The van der Waals surface area contributed by atoms with Crippen LogP contribution in [-0.4, -0.2) is 49.9 Å². The smallest absolute Gasteiger partial charge is 0.123 e. The number of aliphatic hydroxyl groups excluding tert-OH is 1. The maximum absolute atomic E-state index is 9.22. The number of aliphatic hydroxyl groups is 1. The molecular weight excluding hydrogens is 240 g/mol. The Morgan fingerprint density at radius 1 is 1.32 bits per heavy atom. The Labute approximate surface area is 116 Å². The minimum Gasteiger partial charge on any atom is -0.496 e. The van der Waals surface area contributed by atoms with Gasteiger partial charge in [0.05, 0.1) is 13.7 Å². The van der Waals surface area contributed by atoms with Crippen molar-refractivity contribution in [3.63, 3.8) is 0 Å². The highest BCUT2D eigenvalue weighted by Crippen LogP contribution is 2.28. The number of ether oxygens (including phenoxy) is 1. The Kier molecular flexibility index (Phi) is 7.48. The van der Waals surface area contributed by atoms with Crippen molar-refractivity contribution in [2.24, 2.45) is 0 Å². The van der Waals surface area contributed by atoms with Crippen molar-refractivity contribution in [2.45, 2.75) is 19.9 Å². The summed E-state index contributed by atoms with van der Waals surface area (Å²) >= 11 is 0. The summed E-state index contributed by atoms with van der Waals surface area (Å²) in [5.41, 5.74) is 1.16. The molecule has 0 bridgehead atoms. The fourth-order valence-electron chi connectivity index (χ4n) is 2.24. The highest BCUT2D eigenvalue weighted by Gasteiger charge is 2.17. The Hall–Kier alpha value is -1.10. The van der Waals surface area contributed by atoms with E-state index in [1.54, 1.807) is 7.11 Å². The quantitative estimate of drug-likeness (QED) is 0.667. The van der Waals surface area contributed by atoms with E-state index in [4.69, 9.17) is 4.74 Å². The van der Waals surface area contributed by atoms with Gasteiger partial charge in [0.25, 0.3) is 0 Å². The predicted octanol–water partition coefficient (Wildman–Crippen LogP) is 1.66. The van der Waals surface area contributed by atoms with Crippen LogP contribution in [0.2, 0.25) is 0 Å². The summed E-state index contributed by atoms with van der Waals surface area (Å²) in [5, 5.41) is 12.5. The molecule has 108 valence electrons. The van der Waals surface area contributed by atoms with Crippen molar-refractivity contribution in [1.29, 1.82) is 0 Å². The van der Waals surface area contributed by atoms with E-state index >= 15 is 0 Å². The van der Waals surface area contributed by atoms with Crippen LogP contribution in [0.3, 0.4) is 0 Å². The van der Waals surface area contributed by atoms with Gasteiger partial charge < -0.3 is 15.2 Å². The average molecular weight is 266 g/mol. The molecule has 0 saturated carbocycles. The van der Waals surface area contributed by atoms with Gasteiger partial charge in [-0.2, -0.15) is 0 Å². The van der Waals surface area contributed by atoms with E-state index < -0.39 is 0 Å². The molecule has 0 saturated heterocycles. The van der Waals surface area contributed by atoms with E-state index in [9.17, 15) is 5.11 Å². The molecule has 4 nitrogen and oxygen atoms in total. The zero-order valence-electron chi connectivity index (χ0n) is 12.2. The normalized spacial score (nSPS) is 12.7. The van der Waals surface area contributed by atoms with Crippen molar-refractivity contribution in [2.75, 3.05) is 39.9 Å². The largest absolute Gasteiger partial charge is 0.496 e. The molecule has 0 aliphatic rings. The summed E-state index contributed by atoms with van der Waals surface area (Å²) in [6.45, 7) is 7.90. The number of rotatable bonds is 9. The molecule has 1 atom stereocenters. The van der Waals surface area contributed by atoms with E-state index in [0.29, 0.717) is 6.54 Å². The number of nitrogens with zero attached hydrogens (tertiary/aromatic N) is 1. The molecule has 0 aliphatic carbocycles. The first-order valence-corrected chi connectivity index (χ1v) is 6.93. The van der Waals surface area contributed by atoms with Gasteiger partial charge in [-0.05, 0) is 19.5 Å². The molecule has 0 amide bonds. The van der Waals surface area contributed by atoms with Crippen LogP contribution in [0.25, 0.3) is 0 Å². The average Bonchev–Trinajstić information content (AvgIpc) is 2.45. The van der Waals surface area contributed by atoms with E-state index in [1.165, 1.54) is 0 Å². The van der Waals surface area contributed by atoms with Gasteiger partial charge in [-0.25, -0.2) is 0 Å². The summed E-state index contributed by atoms with van der Waals surface area (Å²) in [7, 11) is 1.70. The number of hydrogen-bond donors (Lipinski definition) is 2. The summed E-state index contributed by atoms with van der Waals surface area (Å²) < 4.78 is 5.42. The van der Waals surface area contributed by atoms with E-state index in [2.05, 4.69) is 30.1 Å². The van der Waals surface area contributed by atoms with Gasteiger partial charge >= 0.3 is 0 Å². The van der Waals surface area contributed by atoms with Crippen molar-refractivity contribution in [3.05, 3.63) is 29.8 Å². The van der Waals surface area contributed by atoms with E-state index in [1.807, 2.05) is 18.2 Å². The molecule has 2 N–H and O–H groups in total. The zero-order valence-corrected chi connectivity index (χ0v) is 12.2. The highest BCUT2D eigenvalue weighted by atomic mass is 16.5. The predicted molar refractivity (Wildman–Crippen MR) is 78.6 cm³/mol. The summed E-state index contributed by atoms with van der Waals surface area (Å²) in [4.78, 5) is 2.26. The molecule has 0 heterocycles. The third kappa shape index (κ3) is 4.82. The van der Waals surface area contributed by atoms with Gasteiger partial charge in [-0.3, -0.25) is 4.90 Å². The molecule has 0 spiro atoms. The van der Waals surface area contributed by atoms with Crippen LogP contribution in [-0.2, 0) is 0 Å². The number of nitrogens with one attached hydrogen (secondary N) is 1. The first-order chi connectivity index (χ1) is 9.24. The minimum atomic E-state index is 0.172.